The molecule has 2 rings (SSSR count). The monoisotopic (exact) mass is 223 g/mol. The van der Waals surface area contributed by atoms with Crippen molar-refractivity contribution in [2.45, 2.75) is 39.5 Å². The molecule has 1 saturated heterocycles. The molecule has 0 radical (unpaired) electrons. The summed E-state index contributed by atoms with van der Waals surface area (Å²) in [6.45, 7) is 7.38. The molecule has 90 valence electrons. The number of hydrogen-bond acceptors (Lipinski definition) is 2. The van der Waals surface area contributed by atoms with Gasteiger partial charge in [0.05, 0.1) is 6.33 Å². The predicted molar refractivity (Wildman–Crippen MR) is 64.2 cm³/mol. The summed E-state index contributed by atoms with van der Waals surface area (Å²) in [7, 11) is 0. The largest absolute Gasteiger partial charge is 0.348 e. The van der Waals surface area contributed by atoms with E-state index in [1.807, 2.05) is 24.9 Å². The van der Waals surface area contributed by atoms with Gasteiger partial charge in [0.25, 0.3) is 0 Å². The van der Waals surface area contributed by atoms with E-state index < -0.39 is 0 Å². The number of nitrogens with zero attached hydrogens (tertiary/aromatic N) is 2. The smallest absolute Gasteiger partial charge is 0.219 e. The molecule has 1 amide bonds. The highest BCUT2D eigenvalue weighted by Crippen LogP contribution is 2.25. The second-order valence-corrected chi connectivity index (χ2v) is 3.79. The molecule has 1 aliphatic rings. The van der Waals surface area contributed by atoms with Gasteiger partial charge >= 0.3 is 0 Å². The van der Waals surface area contributed by atoms with Crippen molar-refractivity contribution in [2.75, 3.05) is 13.1 Å². The first-order chi connectivity index (χ1) is 7.77. The summed E-state index contributed by atoms with van der Waals surface area (Å²) in [4.78, 5) is 20.2. The van der Waals surface area contributed by atoms with Crippen LogP contribution in [0.25, 0.3) is 0 Å². The Labute approximate surface area is 97.1 Å². The lowest BCUT2D eigenvalue weighted by Gasteiger charge is -2.30. The van der Waals surface area contributed by atoms with Crippen molar-refractivity contribution in [3.8, 4) is 0 Å². The molecular weight excluding hydrogens is 202 g/mol. The third-order valence-corrected chi connectivity index (χ3v) is 2.90. The van der Waals surface area contributed by atoms with E-state index in [9.17, 15) is 4.79 Å². The summed E-state index contributed by atoms with van der Waals surface area (Å²) >= 11 is 0. The number of piperidine rings is 1. The summed E-state index contributed by atoms with van der Waals surface area (Å²) in [5, 5.41) is 0. The number of nitrogens with one attached hydrogen (secondary N) is 1. The molecule has 16 heavy (non-hydrogen) atoms. The first-order valence-electron chi connectivity index (χ1n) is 6.01. The second kappa shape index (κ2) is 6.30. The molecule has 0 unspecified atom stereocenters. The highest BCUT2D eigenvalue weighted by Gasteiger charge is 2.22. The standard InChI is InChI=1S/C10H15N3O.C2H6/c1-8(14)13-4-2-9(3-5-13)10-6-11-7-12-10;1-2/h6-7,9H,2-5H2,1H3,(H,11,12);1-2H3. The molecule has 0 bridgehead atoms. The maximum absolute atomic E-state index is 11.1. The number of aromatic amines is 1. The average Bonchev–Trinajstić information content (AvgIpc) is 2.85. The number of carbonyl (C=O) groups is 1. The predicted octanol–water partition coefficient (Wildman–Crippen LogP) is 2.16. The minimum absolute atomic E-state index is 0.188. The highest BCUT2D eigenvalue weighted by molar-refractivity contribution is 5.73. The van der Waals surface area contributed by atoms with Gasteiger partial charge in [-0.15, -0.1) is 0 Å². The zero-order chi connectivity index (χ0) is 12.0. The molecule has 0 spiro atoms. The normalized spacial score (nSPS) is 16.6. The van der Waals surface area contributed by atoms with Crippen LogP contribution >= 0.6 is 0 Å². The molecular formula is C12H21N3O. The van der Waals surface area contributed by atoms with Crippen molar-refractivity contribution >= 4 is 5.91 Å². The van der Waals surface area contributed by atoms with Crippen LogP contribution in [0.2, 0.25) is 0 Å². The Kier molecular flexibility index (Phi) is 5.02. The molecule has 4 nitrogen and oxygen atoms in total. The molecule has 4 heteroatoms. The van der Waals surface area contributed by atoms with E-state index in [1.165, 1.54) is 5.69 Å². The van der Waals surface area contributed by atoms with Crippen LogP contribution in [0, 0.1) is 0 Å². The number of amides is 1. The van der Waals surface area contributed by atoms with E-state index >= 15 is 0 Å². The van der Waals surface area contributed by atoms with Crippen molar-refractivity contribution in [2.24, 2.45) is 0 Å². The van der Waals surface area contributed by atoms with Crippen LogP contribution in [-0.4, -0.2) is 33.9 Å². The Morgan fingerprint density at radius 2 is 2.06 bits per heavy atom. The highest BCUT2D eigenvalue weighted by atomic mass is 16.2. The Hall–Kier alpha value is -1.32. The summed E-state index contributed by atoms with van der Waals surface area (Å²) < 4.78 is 0. The maximum atomic E-state index is 11.1. The number of rotatable bonds is 1. The van der Waals surface area contributed by atoms with Gasteiger partial charge in [-0.2, -0.15) is 0 Å². The van der Waals surface area contributed by atoms with E-state index in [-0.39, 0.29) is 5.91 Å². The topological polar surface area (TPSA) is 49.0 Å². The zero-order valence-electron chi connectivity index (χ0n) is 10.4. The van der Waals surface area contributed by atoms with Crippen LogP contribution in [0.1, 0.15) is 45.2 Å². The van der Waals surface area contributed by atoms with Crippen LogP contribution in [0.15, 0.2) is 12.5 Å². The molecule has 2 heterocycles. The van der Waals surface area contributed by atoms with Crippen LogP contribution < -0.4 is 0 Å². The lowest BCUT2D eigenvalue weighted by Crippen LogP contribution is -2.36. The fraction of sp³-hybridized carbons (Fsp3) is 0.667. The van der Waals surface area contributed by atoms with Crippen molar-refractivity contribution in [1.29, 1.82) is 0 Å². The van der Waals surface area contributed by atoms with Gasteiger partial charge in [0.15, 0.2) is 0 Å². The van der Waals surface area contributed by atoms with Crippen LogP contribution in [0.5, 0.6) is 0 Å². The summed E-state index contributed by atoms with van der Waals surface area (Å²) in [6.07, 6.45) is 5.68. The number of likely N-dealkylation sites (tertiary alicyclic amines) is 1. The number of H-pyrrole nitrogens is 1. The van der Waals surface area contributed by atoms with Crippen LogP contribution in [0.4, 0.5) is 0 Å². The molecule has 1 aromatic rings. The van der Waals surface area contributed by atoms with E-state index in [1.54, 1.807) is 13.3 Å². The molecule has 1 aliphatic heterocycles. The summed E-state index contributed by atoms with van der Waals surface area (Å²) in [5.74, 6) is 0.737. The lowest BCUT2D eigenvalue weighted by atomic mass is 9.94. The Morgan fingerprint density at radius 1 is 1.44 bits per heavy atom. The van der Waals surface area contributed by atoms with Gasteiger partial charge in [0.1, 0.15) is 0 Å². The van der Waals surface area contributed by atoms with E-state index in [4.69, 9.17) is 0 Å². The Balaban J connectivity index is 0.000000606. The average molecular weight is 223 g/mol. The number of aromatic nitrogens is 2. The van der Waals surface area contributed by atoms with Gasteiger partial charge in [-0.05, 0) is 12.8 Å². The number of hydrogen-bond donors (Lipinski definition) is 1. The zero-order valence-corrected chi connectivity index (χ0v) is 10.4. The Morgan fingerprint density at radius 3 is 2.50 bits per heavy atom. The van der Waals surface area contributed by atoms with E-state index in [2.05, 4.69) is 9.97 Å². The number of imidazole rings is 1. The fourth-order valence-corrected chi connectivity index (χ4v) is 2.00. The van der Waals surface area contributed by atoms with E-state index in [0.29, 0.717) is 5.92 Å². The van der Waals surface area contributed by atoms with E-state index in [0.717, 1.165) is 25.9 Å². The summed E-state index contributed by atoms with van der Waals surface area (Å²) in [5.41, 5.74) is 1.20. The van der Waals surface area contributed by atoms with Gasteiger partial charge in [0.2, 0.25) is 5.91 Å². The van der Waals surface area contributed by atoms with Crippen molar-refractivity contribution < 1.29 is 4.79 Å². The third kappa shape index (κ3) is 3.08. The molecule has 1 aromatic heterocycles. The summed E-state index contributed by atoms with van der Waals surface area (Å²) in [6, 6.07) is 0. The minimum atomic E-state index is 0.188. The van der Waals surface area contributed by atoms with Crippen molar-refractivity contribution in [1.82, 2.24) is 14.9 Å². The first kappa shape index (κ1) is 12.7. The molecule has 0 saturated carbocycles. The van der Waals surface area contributed by atoms with Gasteiger partial charge in [-0.25, -0.2) is 4.98 Å². The van der Waals surface area contributed by atoms with Gasteiger partial charge < -0.3 is 9.88 Å². The Bertz CT molecular complexity index is 300. The molecule has 0 atom stereocenters. The minimum Gasteiger partial charge on any atom is -0.348 e. The van der Waals surface area contributed by atoms with Gasteiger partial charge in [0, 0.05) is 37.8 Å². The maximum Gasteiger partial charge on any atom is 0.219 e. The SMILES string of the molecule is CC.CC(=O)N1CCC(c2cnc[nH]2)CC1. The van der Waals surface area contributed by atoms with Crippen molar-refractivity contribution in [3.63, 3.8) is 0 Å². The van der Waals surface area contributed by atoms with Crippen molar-refractivity contribution in [3.05, 3.63) is 18.2 Å². The quantitative estimate of drug-likeness (QED) is 0.793. The van der Waals surface area contributed by atoms with Gasteiger partial charge in [-0.3, -0.25) is 4.79 Å². The molecule has 0 aliphatic carbocycles. The third-order valence-electron chi connectivity index (χ3n) is 2.90. The second-order valence-electron chi connectivity index (χ2n) is 3.79. The van der Waals surface area contributed by atoms with Crippen LogP contribution in [-0.2, 0) is 4.79 Å². The molecule has 1 fully saturated rings. The van der Waals surface area contributed by atoms with Crippen LogP contribution in [0.3, 0.4) is 0 Å². The number of carbonyl (C=O) groups excluding carboxylic acids is 1. The lowest BCUT2D eigenvalue weighted by molar-refractivity contribution is -0.129. The molecule has 0 aromatic carbocycles. The first-order valence-corrected chi connectivity index (χ1v) is 6.01. The van der Waals surface area contributed by atoms with Gasteiger partial charge in [-0.1, -0.05) is 13.8 Å². The molecule has 1 N–H and O–H groups in total. The fourth-order valence-electron chi connectivity index (χ4n) is 2.00.